The first-order valence-electron chi connectivity index (χ1n) is 6.83. The standard InChI is InChI=1S/C14H17FN2O4/c15-14-11(2-1-3-12(14)17(20)21)9-16-6-4-10(5-7-16)8-13(18)19/h1-3,10H,4-9H2,(H,18,19). The Balaban J connectivity index is 1.96. The van der Waals surface area contributed by atoms with E-state index in [1.807, 2.05) is 4.90 Å². The zero-order chi connectivity index (χ0) is 15.4. The van der Waals surface area contributed by atoms with Crippen molar-refractivity contribution in [2.75, 3.05) is 13.1 Å². The van der Waals surface area contributed by atoms with Crippen molar-refractivity contribution < 1.29 is 19.2 Å². The number of benzene rings is 1. The van der Waals surface area contributed by atoms with Crippen molar-refractivity contribution in [3.05, 3.63) is 39.7 Å². The lowest BCUT2D eigenvalue weighted by atomic mass is 9.93. The highest BCUT2D eigenvalue weighted by molar-refractivity contribution is 5.67. The Morgan fingerprint density at radius 3 is 2.67 bits per heavy atom. The molecule has 114 valence electrons. The first-order chi connectivity index (χ1) is 9.97. The monoisotopic (exact) mass is 296 g/mol. The maximum Gasteiger partial charge on any atom is 0.305 e. The Morgan fingerprint density at radius 2 is 2.10 bits per heavy atom. The van der Waals surface area contributed by atoms with Gasteiger partial charge in [0, 0.05) is 24.6 Å². The number of halogens is 1. The molecular formula is C14H17FN2O4. The molecule has 0 aromatic heterocycles. The topological polar surface area (TPSA) is 83.7 Å². The Labute approximate surface area is 121 Å². The molecule has 0 atom stereocenters. The molecule has 0 bridgehead atoms. The zero-order valence-corrected chi connectivity index (χ0v) is 11.5. The van der Waals surface area contributed by atoms with Gasteiger partial charge in [-0.1, -0.05) is 12.1 Å². The van der Waals surface area contributed by atoms with Crippen molar-refractivity contribution in [2.45, 2.75) is 25.8 Å². The van der Waals surface area contributed by atoms with Crippen LogP contribution in [0.4, 0.5) is 10.1 Å². The van der Waals surface area contributed by atoms with Gasteiger partial charge in [-0.05, 0) is 31.8 Å². The maximum atomic E-state index is 14.0. The summed E-state index contributed by atoms with van der Waals surface area (Å²) in [5.41, 5.74) is -0.200. The van der Waals surface area contributed by atoms with Crippen molar-refractivity contribution in [1.29, 1.82) is 0 Å². The molecule has 0 amide bonds. The number of carboxylic acid groups (broad SMARTS) is 1. The average molecular weight is 296 g/mol. The number of likely N-dealkylation sites (tertiary alicyclic amines) is 1. The molecule has 0 aliphatic carbocycles. The molecule has 0 saturated carbocycles. The van der Waals surface area contributed by atoms with Crippen LogP contribution in [0.5, 0.6) is 0 Å². The van der Waals surface area contributed by atoms with Gasteiger partial charge in [-0.25, -0.2) is 0 Å². The lowest BCUT2D eigenvalue weighted by molar-refractivity contribution is -0.387. The molecule has 7 heteroatoms. The van der Waals surface area contributed by atoms with Crippen molar-refractivity contribution in [2.24, 2.45) is 5.92 Å². The van der Waals surface area contributed by atoms with Crippen LogP contribution in [0, 0.1) is 21.8 Å². The third-order valence-corrected chi connectivity index (χ3v) is 3.82. The minimum absolute atomic E-state index is 0.161. The first-order valence-corrected chi connectivity index (χ1v) is 6.83. The molecule has 1 aliphatic rings. The third-order valence-electron chi connectivity index (χ3n) is 3.82. The summed E-state index contributed by atoms with van der Waals surface area (Å²) in [6.45, 7) is 1.67. The van der Waals surface area contributed by atoms with Crippen LogP contribution < -0.4 is 0 Å². The number of rotatable bonds is 5. The largest absolute Gasteiger partial charge is 0.481 e. The van der Waals surface area contributed by atoms with Crippen molar-refractivity contribution >= 4 is 11.7 Å². The molecule has 6 nitrogen and oxygen atoms in total. The van der Waals surface area contributed by atoms with E-state index in [9.17, 15) is 19.3 Å². The van der Waals surface area contributed by atoms with Crippen molar-refractivity contribution in [1.82, 2.24) is 4.90 Å². The average Bonchev–Trinajstić information content (AvgIpc) is 2.42. The molecule has 21 heavy (non-hydrogen) atoms. The fourth-order valence-corrected chi connectivity index (χ4v) is 2.67. The molecule has 1 aromatic carbocycles. The fraction of sp³-hybridized carbons (Fsp3) is 0.500. The Kier molecular flexibility index (Phi) is 4.85. The minimum Gasteiger partial charge on any atom is -0.481 e. The van der Waals surface area contributed by atoms with E-state index < -0.39 is 22.4 Å². The Hall–Kier alpha value is -2.02. The number of piperidine rings is 1. The lowest BCUT2D eigenvalue weighted by Crippen LogP contribution is -2.34. The molecule has 1 heterocycles. The Morgan fingerprint density at radius 1 is 1.43 bits per heavy atom. The van der Waals surface area contributed by atoms with Crippen molar-refractivity contribution in [3.63, 3.8) is 0 Å². The van der Waals surface area contributed by atoms with Crippen LogP contribution in [0.15, 0.2) is 18.2 Å². The van der Waals surface area contributed by atoms with Crippen LogP contribution in [-0.2, 0) is 11.3 Å². The van der Waals surface area contributed by atoms with Crippen LogP contribution in [0.1, 0.15) is 24.8 Å². The van der Waals surface area contributed by atoms with E-state index in [-0.39, 0.29) is 12.3 Å². The van der Waals surface area contributed by atoms with Crippen LogP contribution >= 0.6 is 0 Å². The SMILES string of the molecule is O=C(O)CC1CCN(Cc2cccc([N+](=O)[O-])c2F)CC1. The maximum absolute atomic E-state index is 14.0. The first kappa shape index (κ1) is 15.4. The van der Waals surface area contributed by atoms with Gasteiger partial charge in [-0.3, -0.25) is 19.8 Å². The second-order valence-corrected chi connectivity index (χ2v) is 5.32. The van der Waals surface area contributed by atoms with Gasteiger partial charge in [0.1, 0.15) is 0 Å². The van der Waals surface area contributed by atoms with E-state index >= 15 is 0 Å². The van der Waals surface area contributed by atoms with Gasteiger partial charge in [0.2, 0.25) is 5.82 Å². The van der Waals surface area contributed by atoms with Gasteiger partial charge in [0.15, 0.2) is 0 Å². The predicted octanol–water partition coefficient (Wildman–Crippen LogP) is 2.42. The number of carbonyl (C=O) groups is 1. The van der Waals surface area contributed by atoms with Gasteiger partial charge >= 0.3 is 11.7 Å². The fourth-order valence-electron chi connectivity index (χ4n) is 2.67. The number of hydrogen-bond acceptors (Lipinski definition) is 4. The minimum atomic E-state index is -0.793. The number of aliphatic carboxylic acids is 1. The lowest BCUT2D eigenvalue weighted by Gasteiger charge is -2.31. The van der Waals surface area contributed by atoms with E-state index in [1.54, 1.807) is 6.07 Å². The molecule has 1 N–H and O–H groups in total. The van der Waals surface area contributed by atoms with Gasteiger partial charge in [-0.15, -0.1) is 0 Å². The summed E-state index contributed by atoms with van der Waals surface area (Å²) < 4.78 is 14.0. The van der Waals surface area contributed by atoms with E-state index in [1.165, 1.54) is 6.07 Å². The molecule has 0 unspecified atom stereocenters. The summed E-state index contributed by atoms with van der Waals surface area (Å²) in [7, 11) is 0. The number of carboxylic acids is 1. The summed E-state index contributed by atoms with van der Waals surface area (Å²) in [6.07, 6.45) is 1.67. The van der Waals surface area contributed by atoms with E-state index in [4.69, 9.17) is 5.11 Å². The van der Waals surface area contributed by atoms with E-state index in [0.717, 1.165) is 18.9 Å². The van der Waals surface area contributed by atoms with E-state index in [2.05, 4.69) is 0 Å². The second-order valence-electron chi connectivity index (χ2n) is 5.32. The summed E-state index contributed by atoms with van der Waals surface area (Å²) in [5.74, 6) is -1.41. The molecule has 0 spiro atoms. The molecule has 1 aromatic rings. The summed E-state index contributed by atoms with van der Waals surface area (Å²) in [6, 6.07) is 4.18. The normalized spacial score (nSPS) is 16.8. The highest BCUT2D eigenvalue weighted by Crippen LogP contribution is 2.25. The van der Waals surface area contributed by atoms with Crippen LogP contribution in [0.25, 0.3) is 0 Å². The van der Waals surface area contributed by atoms with Gasteiger partial charge in [-0.2, -0.15) is 4.39 Å². The highest BCUT2D eigenvalue weighted by atomic mass is 19.1. The molecule has 1 aliphatic heterocycles. The van der Waals surface area contributed by atoms with E-state index in [0.29, 0.717) is 25.2 Å². The van der Waals surface area contributed by atoms with Gasteiger partial charge in [0.25, 0.3) is 0 Å². The van der Waals surface area contributed by atoms with Gasteiger partial charge < -0.3 is 5.11 Å². The third kappa shape index (κ3) is 3.98. The summed E-state index contributed by atoms with van der Waals surface area (Å²) >= 11 is 0. The number of nitro benzene ring substituents is 1. The summed E-state index contributed by atoms with van der Waals surface area (Å²) in [4.78, 5) is 22.6. The Bertz CT molecular complexity index is 542. The van der Waals surface area contributed by atoms with Crippen LogP contribution in [0.3, 0.4) is 0 Å². The number of nitro groups is 1. The quantitative estimate of drug-likeness (QED) is 0.666. The molecule has 2 rings (SSSR count). The molecule has 1 saturated heterocycles. The highest BCUT2D eigenvalue weighted by Gasteiger charge is 2.23. The van der Waals surface area contributed by atoms with Crippen LogP contribution in [0.2, 0.25) is 0 Å². The summed E-state index contributed by atoms with van der Waals surface area (Å²) in [5, 5.41) is 19.5. The smallest absolute Gasteiger partial charge is 0.305 e. The number of nitrogens with zero attached hydrogens (tertiary/aromatic N) is 2. The molecule has 0 radical (unpaired) electrons. The van der Waals surface area contributed by atoms with Crippen molar-refractivity contribution in [3.8, 4) is 0 Å². The molecular weight excluding hydrogens is 279 g/mol. The molecule has 1 fully saturated rings. The number of hydrogen-bond donors (Lipinski definition) is 1. The predicted molar refractivity (Wildman–Crippen MR) is 73.3 cm³/mol. The zero-order valence-electron chi connectivity index (χ0n) is 11.5. The second kappa shape index (κ2) is 6.62. The van der Waals surface area contributed by atoms with Gasteiger partial charge in [0.05, 0.1) is 4.92 Å². The van der Waals surface area contributed by atoms with Crippen LogP contribution in [-0.4, -0.2) is 34.0 Å².